The van der Waals surface area contributed by atoms with Gasteiger partial charge in [-0.15, -0.1) is 0 Å². The standard InChI is InChI=1S/C15H20N4O2/c1-21-7-6-19(10-11-2-3-11)15(20)17-13-5-4-12-9-16-18-14(12)8-13/h4-5,8-9,11H,2-3,6-7,10H2,1H3,(H,16,18)(H,17,20). The largest absolute Gasteiger partial charge is 0.383 e. The van der Waals surface area contributed by atoms with Crippen LogP contribution in [0.1, 0.15) is 12.8 Å². The van der Waals surface area contributed by atoms with Gasteiger partial charge in [0.25, 0.3) is 0 Å². The number of rotatable bonds is 6. The second-order valence-corrected chi connectivity index (χ2v) is 5.48. The van der Waals surface area contributed by atoms with Crippen molar-refractivity contribution in [3.63, 3.8) is 0 Å². The van der Waals surface area contributed by atoms with E-state index in [0.29, 0.717) is 19.1 Å². The first-order valence-corrected chi connectivity index (χ1v) is 7.24. The fraction of sp³-hybridized carbons (Fsp3) is 0.467. The first-order valence-electron chi connectivity index (χ1n) is 7.24. The van der Waals surface area contributed by atoms with Crippen LogP contribution in [-0.2, 0) is 4.74 Å². The van der Waals surface area contributed by atoms with Crippen molar-refractivity contribution in [2.75, 3.05) is 32.1 Å². The molecule has 1 saturated carbocycles. The zero-order valence-corrected chi connectivity index (χ0v) is 12.1. The van der Waals surface area contributed by atoms with Crippen LogP contribution in [0.2, 0.25) is 0 Å². The molecule has 3 rings (SSSR count). The van der Waals surface area contributed by atoms with Gasteiger partial charge in [-0.05, 0) is 37.0 Å². The molecule has 0 atom stereocenters. The molecule has 6 heteroatoms. The number of benzene rings is 1. The van der Waals surface area contributed by atoms with Gasteiger partial charge in [-0.3, -0.25) is 5.10 Å². The number of methoxy groups -OCH3 is 1. The molecule has 1 aliphatic carbocycles. The quantitative estimate of drug-likeness (QED) is 0.857. The van der Waals surface area contributed by atoms with Crippen molar-refractivity contribution < 1.29 is 9.53 Å². The minimum Gasteiger partial charge on any atom is -0.383 e. The zero-order chi connectivity index (χ0) is 14.7. The normalized spacial score (nSPS) is 14.3. The van der Waals surface area contributed by atoms with Crippen molar-refractivity contribution in [1.82, 2.24) is 15.1 Å². The topological polar surface area (TPSA) is 70.2 Å². The summed E-state index contributed by atoms with van der Waals surface area (Å²) >= 11 is 0. The van der Waals surface area contributed by atoms with Gasteiger partial charge in [0.1, 0.15) is 0 Å². The molecule has 0 unspecified atom stereocenters. The summed E-state index contributed by atoms with van der Waals surface area (Å²) in [5.74, 6) is 0.655. The van der Waals surface area contributed by atoms with Gasteiger partial charge in [-0.25, -0.2) is 4.79 Å². The van der Waals surface area contributed by atoms with Crippen LogP contribution in [0.5, 0.6) is 0 Å². The van der Waals surface area contributed by atoms with Crippen molar-refractivity contribution in [3.05, 3.63) is 24.4 Å². The zero-order valence-electron chi connectivity index (χ0n) is 12.1. The van der Waals surface area contributed by atoms with Gasteiger partial charge < -0.3 is 15.0 Å². The van der Waals surface area contributed by atoms with Gasteiger partial charge in [0.15, 0.2) is 0 Å². The third-order valence-corrected chi connectivity index (χ3v) is 3.72. The molecule has 112 valence electrons. The number of nitrogens with zero attached hydrogens (tertiary/aromatic N) is 2. The molecular weight excluding hydrogens is 268 g/mol. The van der Waals surface area contributed by atoms with Gasteiger partial charge in [-0.2, -0.15) is 5.10 Å². The van der Waals surface area contributed by atoms with Gasteiger partial charge in [-0.1, -0.05) is 0 Å². The number of aromatic nitrogens is 2. The molecule has 2 amide bonds. The van der Waals surface area contributed by atoms with Gasteiger partial charge >= 0.3 is 6.03 Å². The minimum atomic E-state index is -0.0715. The summed E-state index contributed by atoms with van der Waals surface area (Å²) in [6.07, 6.45) is 4.20. The minimum absolute atomic E-state index is 0.0715. The fourth-order valence-corrected chi connectivity index (χ4v) is 2.31. The molecule has 0 spiro atoms. The Morgan fingerprint density at radius 3 is 3.14 bits per heavy atom. The summed E-state index contributed by atoms with van der Waals surface area (Å²) in [4.78, 5) is 14.2. The molecule has 1 aliphatic rings. The van der Waals surface area contributed by atoms with E-state index in [1.54, 1.807) is 13.3 Å². The smallest absolute Gasteiger partial charge is 0.321 e. The van der Waals surface area contributed by atoms with E-state index in [9.17, 15) is 4.79 Å². The molecule has 6 nitrogen and oxygen atoms in total. The maximum atomic E-state index is 12.4. The van der Waals surface area contributed by atoms with Crippen LogP contribution >= 0.6 is 0 Å². The first-order chi connectivity index (χ1) is 10.3. The van der Waals surface area contributed by atoms with E-state index in [1.165, 1.54) is 12.8 Å². The van der Waals surface area contributed by atoms with E-state index in [1.807, 2.05) is 23.1 Å². The van der Waals surface area contributed by atoms with Gasteiger partial charge in [0.2, 0.25) is 0 Å². The summed E-state index contributed by atoms with van der Waals surface area (Å²) in [6.45, 7) is 1.98. The lowest BCUT2D eigenvalue weighted by Gasteiger charge is -2.22. The van der Waals surface area contributed by atoms with E-state index in [4.69, 9.17) is 4.74 Å². The Kier molecular flexibility index (Phi) is 4.06. The predicted octanol–water partition coefficient (Wildman–Crippen LogP) is 2.45. The van der Waals surface area contributed by atoms with Crippen LogP contribution in [0, 0.1) is 5.92 Å². The summed E-state index contributed by atoms with van der Waals surface area (Å²) in [5, 5.41) is 10.9. The number of hydrogen-bond donors (Lipinski definition) is 2. The van der Waals surface area contributed by atoms with Crippen LogP contribution in [0.3, 0.4) is 0 Å². The number of urea groups is 1. The molecule has 0 radical (unpaired) electrons. The SMILES string of the molecule is COCCN(CC1CC1)C(=O)Nc1ccc2cn[nH]c2c1. The molecule has 1 heterocycles. The highest BCUT2D eigenvalue weighted by atomic mass is 16.5. The lowest BCUT2D eigenvalue weighted by molar-refractivity contribution is 0.153. The molecule has 0 saturated heterocycles. The number of hydrogen-bond acceptors (Lipinski definition) is 3. The number of amides is 2. The highest BCUT2D eigenvalue weighted by Crippen LogP contribution is 2.29. The third kappa shape index (κ3) is 3.52. The molecule has 1 aromatic carbocycles. The highest BCUT2D eigenvalue weighted by Gasteiger charge is 2.26. The average molecular weight is 288 g/mol. The number of carbonyl (C=O) groups excluding carboxylic acids is 1. The second kappa shape index (κ2) is 6.13. The maximum absolute atomic E-state index is 12.4. The summed E-state index contributed by atoms with van der Waals surface area (Å²) in [5.41, 5.74) is 1.69. The number of anilines is 1. The maximum Gasteiger partial charge on any atom is 0.321 e. The number of H-pyrrole nitrogens is 1. The van der Waals surface area contributed by atoms with E-state index < -0.39 is 0 Å². The predicted molar refractivity (Wildman–Crippen MR) is 81.3 cm³/mol. The molecule has 1 aromatic heterocycles. The molecule has 2 N–H and O–H groups in total. The summed E-state index contributed by atoms with van der Waals surface area (Å²) in [7, 11) is 1.65. The van der Waals surface area contributed by atoms with Gasteiger partial charge in [0.05, 0.1) is 18.3 Å². The summed E-state index contributed by atoms with van der Waals surface area (Å²) < 4.78 is 5.09. The van der Waals surface area contributed by atoms with Crippen molar-refractivity contribution in [2.45, 2.75) is 12.8 Å². The fourth-order valence-electron chi connectivity index (χ4n) is 2.31. The number of fused-ring (bicyclic) bond motifs is 1. The van der Waals surface area contributed by atoms with E-state index in [-0.39, 0.29) is 6.03 Å². The first kappa shape index (κ1) is 13.9. The molecule has 21 heavy (non-hydrogen) atoms. The van der Waals surface area contributed by atoms with Crippen molar-refractivity contribution in [2.24, 2.45) is 5.92 Å². The van der Waals surface area contributed by atoms with Crippen LogP contribution in [-0.4, -0.2) is 47.9 Å². The second-order valence-electron chi connectivity index (χ2n) is 5.48. The molecule has 1 fully saturated rings. The molecule has 0 aliphatic heterocycles. The lowest BCUT2D eigenvalue weighted by Crippen LogP contribution is -2.38. The molecule has 2 aromatic rings. The Hall–Kier alpha value is -2.08. The Labute approximate surface area is 123 Å². The van der Waals surface area contributed by atoms with E-state index in [0.717, 1.165) is 23.1 Å². The number of nitrogens with one attached hydrogen (secondary N) is 2. The van der Waals surface area contributed by atoms with Crippen LogP contribution in [0.15, 0.2) is 24.4 Å². The van der Waals surface area contributed by atoms with Crippen molar-refractivity contribution in [1.29, 1.82) is 0 Å². The summed E-state index contributed by atoms with van der Waals surface area (Å²) in [6, 6.07) is 5.65. The van der Waals surface area contributed by atoms with E-state index in [2.05, 4.69) is 15.5 Å². The monoisotopic (exact) mass is 288 g/mol. The van der Waals surface area contributed by atoms with E-state index >= 15 is 0 Å². The number of carbonyl (C=O) groups is 1. The number of aromatic amines is 1. The Morgan fingerprint density at radius 2 is 2.38 bits per heavy atom. The van der Waals surface area contributed by atoms with Crippen molar-refractivity contribution in [3.8, 4) is 0 Å². The Balaban J connectivity index is 1.66. The van der Waals surface area contributed by atoms with Crippen LogP contribution in [0.25, 0.3) is 10.9 Å². The Bertz CT molecular complexity index is 621. The molecule has 0 bridgehead atoms. The van der Waals surface area contributed by atoms with Gasteiger partial charge in [0, 0.05) is 31.3 Å². The van der Waals surface area contributed by atoms with Crippen LogP contribution in [0.4, 0.5) is 10.5 Å². The van der Waals surface area contributed by atoms with Crippen molar-refractivity contribution >= 4 is 22.6 Å². The lowest BCUT2D eigenvalue weighted by atomic mass is 10.2. The highest BCUT2D eigenvalue weighted by molar-refractivity contribution is 5.92. The average Bonchev–Trinajstić information content (AvgIpc) is 3.18. The Morgan fingerprint density at radius 1 is 1.52 bits per heavy atom. The van der Waals surface area contributed by atoms with Crippen LogP contribution < -0.4 is 5.32 Å². The molecular formula is C15H20N4O2. The number of ether oxygens (including phenoxy) is 1. The third-order valence-electron chi connectivity index (χ3n) is 3.72.